The molecule has 0 aromatic rings. The van der Waals surface area contributed by atoms with Crippen molar-refractivity contribution in [3.8, 4) is 0 Å². The van der Waals surface area contributed by atoms with Crippen LogP contribution in [0.4, 0.5) is 0 Å². The molecule has 0 aliphatic heterocycles. The molecule has 0 aliphatic rings. The monoisotopic (exact) mass is 206 g/mol. The fourth-order valence-electron chi connectivity index (χ4n) is 1.08. The van der Waals surface area contributed by atoms with E-state index in [0.29, 0.717) is 0 Å². The first-order valence-electron chi connectivity index (χ1n) is 4.44. The normalized spacial score (nSPS) is 12.6. The van der Waals surface area contributed by atoms with Gasteiger partial charge in [0.05, 0.1) is 13.2 Å². The van der Waals surface area contributed by atoms with Gasteiger partial charge in [-0.15, -0.1) is 0 Å². The van der Waals surface area contributed by atoms with Crippen LogP contribution in [0.25, 0.3) is 0 Å². The van der Waals surface area contributed by atoms with Crippen LogP contribution in [-0.2, 0) is 9.53 Å². The summed E-state index contributed by atoms with van der Waals surface area (Å²) in [5.41, 5.74) is 5.32. The number of hydrogen-bond acceptors (Lipinski definition) is 5. The predicted octanol–water partition coefficient (Wildman–Crippen LogP) is -2.23. The highest BCUT2D eigenvalue weighted by Crippen LogP contribution is 1.97. The molecule has 0 bridgehead atoms. The van der Waals surface area contributed by atoms with Crippen molar-refractivity contribution in [2.24, 2.45) is 5.73 Å². The van der Waals surface area contributed by atoms with E-state index in [2.05, 4.69) is 0 Å². The maximum Gasteiger partial charge on any atom is 0.253 e. The predicted molar refractivity (Wildman–Crippen MR) is 50.6 cm³/mol. The Balaban J connectivity index is 4.24. The van der Waals surface area contributed by atoms with Gasteiger partial charge in [-0.1, -0.05) is 0 Å². The van der Waals surface area contributed by atoms with Gasteiger partial charge in [0.15, 0.2) is 0 Å². The van der Waals surface area contributed by atoms with Gasteiger partial charge in [-0.25, -0.2) is 0 Å². The van der Waals surface area contributed by atoms with Crippen molar-refractivity contribution in [1.82, 2.24) is 4.90 Å². The first kappa shape index (κ1) is 13.3. The van der Waals surface area contributed by atoms with Gasteiger partial charge in [0.25, 0.3) is 5.91 Å². The van der Waals surface area contributed by atoms with Crippen molar-refractivity contribution in [3.63, 3.8) is 0 Å². The van der Waals surface area contributed by atoms with Crippen molar-refractivity contribution in [2.75, 3.05) is 40.0 Å². The summed E-state index contributed by atoms with van der Waals surface area (Å²) in [6.07, 6.45) is -0.701. The van der Waals surface area contributed by atoms with Crippen LogP contribution in [0.2, 0.25) is 0 Å². The lowest BCUT2D eigenvalue weighted by molar-refractivity contribution is -0.142. The van der Waals surface area contributed by atoms with E-state index in [1.165, 1.54) is 12.0 Å². The van der Waals surface area contributed by atoms with Crippen molar-refractivity contribution in [3.05, 3.63) is 0 Å². The van der Waals surface area contributed by atoms with E-state index in [1.807, 2.05) is 0 Å². The van der Waals surface area contributed by atoms with Crippen LogP contribution in [0.1, 0.15) is 0 Å². The van der Waals surface area contributed by atoms with Crippen molar-refractivity contribution in [2.45, 2.75) is 6.10 Å². The Labute approximate surface area is 83.3 Å². The molecule has 6 heteroatoms. The van der Waals surface area contributed by atoms with Crippen LogP contribution in [0, 0.1) is 0 Å². The molecule has 0 spiro atoms. The van der Waals surface area contributed by atoms with Crippen LogP contribution < -0.4 is 5.73 Å². The van der Waals surface area contributed by atoms with E-state index >= 15 is 0 Å². The largest absolute Gasteiger partial charge is 0.395 e. The molecule has 1 atom stereocenters. The second-order valence-corrected chi connectivity index (χ2v) is 2.73. The molecule has 0 heterocycles. The Morgan fingerprint density at radius 3 is 2.21 bits per heavy atom. The highest BCUT2D eigenvalue weighted by atomic mass is 16.5. The fraction of sp³-hybridized carbons (Fsp3) is 0.875. The number of methoxy groups -OCH3 is 1. The molecule has 0 saturated carbocycles. The van der Waals surface area contributed by atoms with E-state index < -0.39 is 6.10 Å². The SMILES string of the molecule is COC(CN)C(=O)N(CCO)CCO. The summed E-state index contributed by atoms with van der Waals surface area (Å²) in [5.74, 6) is -0.307. The molecular weight excluding hydrogens is 188 g/mol. The number of carbonyl (C=O) groups excluding carboxylic acids is 1. The summed E-state index contributed by atoms with van der Waals surface area (Å²) in [4.78, 5) is 12.9. The van der Waals surface area contributed by atoms with Gasteiger partial charge in [-0.05, 0) is 0 Å². The molecule has 0 radical (unpaired) electrons. The summed E-state index contributed by atoms with van der Waals surface area (Å²) in [6, 6.07) is 0. The first-order chi connectivity index (χ1) is 6.71. The molecule has 0 aromatic carbocycles. The second-order valence-electron chi connectivity index (χ2n) is 2.73. The number of carbonyl (C=O) groups is 1. The molecule has 0 aliphatic carbocycles. The van der Waals surface area contributed by atoms with Gasteiger partial charge in [0.2, 0.25) is 0 Å². The number of amides is 1. The van der Waals surface area contributed by atoms with E-state index in [4.69, 9.17) is 20.7 Å². The number of ether oxygens (including phenoxy) is 1. The van der Waals surface area contributed by atoms with E-state index in [-0.39, 0.29) is 38.8 Å². The van der Waals surface area contributed by atoms with Crippen molar-refractivity contribution >= 4 is 5.91 Å². The standard InChI is InChI=1S/C8H18N2O4/c1-14-7(6-9)8(13)10(2-4-11)3-5-12/h7,11-12H,2-6,9H2,1H3. The Morgan fingerprint density at radius 2 is 1.93 bits per heavy atom. The Morgan fingerprint density at radius 1 is 1.43 bits per heavy atom. The second kappa shape index (κ2) is 7.69. The lowest BCUT2D eigenvalue weighted by atomic mass is 10.3. The molecule has 1 unspecified atom stereocenters. The third-order valence-electron chi connectivity index (χ3n) is 1.83. The minimum atomic E-state index is -0.701. The third kappa shape index (κ3) is 4.01. The summed E-state index contributed by atoms with van der Waals surface area (Å²) in [6.45, 7) is 0.153. The van der Waals surface area contributed by atoms with Crippen LogP contribution >= 0.6 is 0 Å². The first-order valence-corrected chi connectivity index (χ1v) is 4.44. The molecule has 1 amide bonds. The zero-order valence-electron chi connectivity index (χ0n) is 8.35. The maximum atomic E-state index is 11.6. The third-order valence-corrected chi connectivity index (χ3v) is 1.83. The number of nitrogens with zero attached hydrogens (tertiary/aromatic N) is 1. The minimum absolute atomic E-state index is 0.0860. The average molecular weight is 206 g/mol. The maximum absolute atomic E-state index is 11.6. The van der Waals surface area contributed by atoms with Crippen LogP contribution in [-0.4, -0.2) is 67.1 Å². The number of aliphatic hydroxyl groups excluding tert-OH is 2. The topological polar surface area (TPSA) is 96.0 Å². The summed E-state index contributed by atoms with van der Waals surface area (Å²) in [7, 11) is 1.39. The molecule has 0 fully saturated rings. The minimum Gasteiger partial charge on any atom is -0.395 e. The highest BCUT2D eigenvalue weighted by Gasteiger charge is 2.21. The smallest absolute Gasteiger partial charge is 0.253 e. The number of hydrogen-bond donors (Lipinski definition) is 3. The van der Waals surface area contributed by atoms with Gasteiger partial charge in [-0.3, -0.25) is 4.79 Å². The van der Waals surface area contributed by atoms with Gasteiger partial charge < -0.3 is 25.6 Å². The molecule has 14 heavy (non-hydrogen) atoms. The Kier molecular flexibility index (Phi) is 7.31. The highest BCUT2D eigenvalue weighted by molar-refractivity contribution is 5.81. The summed E-state index contributed by atoms with van der Waals surface area (Å²) in [5, 5.41) is 17.4. The average Bonchev–Trinajstić information content (AvgIpc) is 2.19. The Hall–Kier alpha value is -0.690. The zero-order chi connectivity index (χ0) is 11.0. The Bertz CT molecular complexity index is 155. The molecular formula is C8H18N2O4. The van der Waals surface area contributed by atoms with Gasteiger partial charge in [0.1, 0.15) is 6.10 Å². The fourth-order valence-corrected chi connectivity index (χ4v) is 1.08. The number of nitrogens with two attached hydrogens (primary N) is 1. The molecule has 0 aromatic heterocycles. The zero-order valence-corrected chi connectivity index (χ0v) is 8.35. The van der Waals surface area contributed by atoms with E-state index in [0.717, 1.165) is 0 Å². The molecule has 6 nitrogen and oxygen atoms in total. The van der Waals surface area contributed by atoms with Gasteiger partial charge >= 0.3 is 0 Å². The van der Waals surface area contributed by atoms with Crippen molar-refractivity contribution in [1.29, 1.82) is 0 Å². The van der Waals surface area contributed by atoms with Crippen LogP contribution in [0.15, 0.2) is 0 Å². The molecule has 0 saturated heterocycles. The lowest BCUT2D eigenvalue weighted by Crippen LogP contribution is -2.45. The summed E-state index contributed by atoms with van der Waals surface area (Å²) < 4.78 is 4.86. The van der Waals surface area contributed by atoms with E-state index in [1.54, 1.807) is 0 Å². The van der Waals surface area contributed by atoms with Crippen molar-refractivity contribution < 1.29 is 19.7 Å². The number of rotatable bonds is 7. The van der Waals surface area contributed by atoms with Crippen LogP contribution in [0.5, 0.6) is 0 Å². The molecule has 84 valence electrons. The van der Waals surface area contributed by atoms with Crippen LogP contribution in [0.3, 0.4) is 0 Å². The summed E-state index contributed by atoms with van der Waals surface area (Å²) >= 11 is 0. The molecule has 4 N–H and O–H groups in total. The van der Waals surface area contributed by atoms with E-state index in [9.17, 15) is 4.79 Å². The number of aliphatic hydroxyl groups is 2. The lowest BCUT2D eigenvalue weighted by Gasteiger charge is -2.24. The molecule has 0 rings (SSSR count). The quantitative estimate of drug-likeness (QED) is 0.438. The van der Waals surface area contributed by atoms with Gasteiger partial charge in [0, 0.05) is 26.7 Å². The van der Waals surface area contributed by atoms with Gasteiger partial charge in [-0.2, -0.15) is 0 Å².